The van der Waals surface area contributed by atoms with Gasteiger partial charge in [-0.15, -0.1) is 0 Å². The van der Waals surface area contributed by atoms with E-state index in [1.54, 1.807) is 19.2 Å². The minimum atomic E-state index is -0.259. The van der Waals surface area contributed by atoms with E-state index in [9.17, 15) is 4.39 Å². The summed E-state index contributed by atoms with van der Waals surface area (Å²) in [6.07, 6.45) is 0. The molecular weight excluding hydrogens is 423 g/mol. The van der Waals surface area contributed by atoms with Crippen LogP contribution < -0.4 is 9.47 Å². The summed E-state index contributed by atoms with van der Waals surface area (Å²) in [6, 6.07) is 12.1. The highest BCUT2D eigenvalue weighted by molar-refractivity contribution is 6.31. The van der Waals surface area contributed by atoms with Crippen molar-refractivity contribution in [3.63, 3.8) is 0 Å². The standard InChI is InChI=1S/C22H24ClFN4O3/c1-29-16-5-7-17(8-6-16)30-15-21-25-22(31-26-21)14-28-11-9-27(10-12-28)13-18-19(23)3-2-4-20(18)24/h2-8H,9-15H2,1H3. The number of methoxy groups -OCH3 is 1. The lowest BCUT2D eigenvalue weighted by Crippen LogP contribution is -2.45. The minimum Gasteiger partial charge on any atom is -0.497 e. The Labute approximate surface area is 185 Å². The Bertz CT molecular complexity index is 970. The Balaban J connectivity index is 1.23. The molecule has 0 aliphatic carbocycles. The predicted molar refractivity (Wildman–Crippen MR) is 114 cm³/mol. The van der Waals surface area contributed by atoms with E-state index >= 15 is 0 Å². The molecule has 7 nitrogen and oxygen atoms in total. The van der Waals surface area contributed by atoms with E-state index in [1.165, 1.54) is 6.07 Å². The second kappa shape index (κ2) is 10.1. The third-order valence-corrected chi connectivity index (χ3v) is 5.56. The molecule has 0 amide bonds. The average molecular weight is 447 g/mol. The third kappa shape index (κ3) is 5.72. The molecule has 2 heterocycles. The van der Waals surface area contributed by atoms with Crippen LogP contribution in [-0.4, -0.2) is 53.2 Å². The zero-order valence-electron chi connectivity index (χ0n) is 17.3. The summed E-state index contributed by atoms with van der Waals surface area (Å²) in [6.45, 7) is 4.58. The van der Waals surface area contributed by atoms with Crippen molar-refractivity contribution in [1.29, 1.82) is 0 Å². The van der Waals surface area contributed by atoms with Gasteiger partial charge in [0.05, 0.1) is 13.7 Å². The first-order valence-corrected chi connectivity index (χ1v) is 10.4. The smallest absolute Gasteiger partial charge is 0.240 e. The maximum atomic E-state index is 14.0. The number of rotatable bonds is 8. The van der Waals surface area contributed by atoms with Crippen LogP contribution in [0.3, 0.4) is 0 Å². The molecule has 0 unspecified atom stereocenters. The van der Waals surface area contributed by atoms with E-state index in [4.69, 9.17) is 25.6 Å². The van der Waals surface area contributed by atoms with Gasteiger partial charge < -0.3 is 14.0 Å². The summed E-state index contributed by atoms with van der Waals surface area (Å²) in [4.78, 5) is 8.85. The molecule has 4 rings (SSSR count). The molecule has 0 radical (unpaired) electrons. The lowest BCUT2D eigenvalue weighted by atomic mass is 10.2. The van der Waals surface area contributed by atoms with E-state index < -0.39 is 0 Å². The molecule has 9 heteroatoms. The molecule has 0 saturated carbocycles. The van der Waals surface area contributed by atoms with Crippen molar-refractivity contribution < 1.29 is 18.4 Å². The Kier molecular flexibility index (Phi) is 7.01. The van der Waals surface area contributed by atoms with Gasteiger partial charge in [0.25, 0.3) is 0 Å². The van der Waals surface area contributed by atoms with Crippen LogP contribution in [0.1, 0.15) is 17.3 Å². The summed E-state index contributed by atoms with van der Waals surface area (Å²) in [5, 5.41) is 4.46. The number of ether oxygens (including phenoxy) is 2. The zero-order valence-corrected chi connectivity index (χ0v) is 18.0. The van der Waals surface area contributed by atoms with Gasteiger partial charge in [-0.3, -0.25) is 9.80 Å². The largest absolute Gasteiger partial charge is 0.497 e. The number of piperazine rings is 1. The average Bonchev–Trinajstić information content (AvgIpc) is 3.24. The van der Waals surface area contributed by atoms with Crippen LogP contribution in [0.2, 0.25) is 5.02 Å². The van der Waals surface area contributed by atoms with E-state index in [-0.39, 0.29) is 12.4 Å². The molecule has 2 aromatic carbocycles. The van der Waals surface area contributed by atoms with Gasteiger partial charge >= 0.3 is 0 Å². The lowest BCUT2D eigenvalue weighted by Gasteiger charge is -2.34. The number of hydrogen-bond donors (Lipinski definition) is 0. The summed E-state index contributed by atoms with van der Waals surface area (Å²) in [5.74, 6) is 2.27. The predicted octanol–water partition coefficient (Wildman–Crippen LogP) is 3.77. The molecule has 164 valence electrons. The summed E-state index contributed by atoms with van der Waals surface area (Å²) in [5.41, 5.74) is 0.552. The first-order valence-electron chi connectivity index (χ1n) is 10.1. The lowest BCUT2D eigenvalue weighted by molar-refractivity contribution is 0.111. The van der Waals surface area contributed by atoms with E-state index in [1.807, 2.05) is 24.3 Å². The van der Waals surface area contributed by atoms with Crippen molar-refractivity contribution >= 4 is 11.6 Å². The molecular formula is C22H24ClFN4O3. The van der Waals surface area contributed by atoms with Crippen molar-refractivity contribution in [2.24, 2.45) is 0 Å². The number of benzene rings is 2. The molecule has 1 aliphatic rings. The second-order valence-corrected chi connectivity index (χ2v) is 7.73. The van der Waals surface area contributed by atoms with Crippen LogP contribution in [0.4, 0.5) is 4.39 Å². The van der Waals surface area contributed by atoms with Gasteiger partial charge in [-0.1, -0.05) is 22.8 Å². The fourth-order valence-corrected chi connectivity index (χ4v) is 3.66. The highest BCUT2D eigenvalue weighted by atomic mass is 35.5. The number of nitrogens with zero attached hydrogens (tertiary/aromatic N) is 4. The zero-order chi connectivity index (χ0) is 21.6. The quantitative estimate of drug-likeness (QED) is 0.522. The first-order chi connectivity index (χ1) is 15.1. The molecule has 0 atom stereocenters. The van der Waals surface area contributed by atoms with Crippen LogP contribution in [0.5, 0.6) is 11.5 Å². The summed E-state index contributed by atoms with van der Waals surface area (Å²) < 4.78 is 30.2. The van der Waals surface area contributed by atoms with Crippen molar-refractivity contribution in [2.75, 3.05) is 33.3 Å². The molecule has 0 spiro atoms. The SMILES string of the molecule is COc1ccc(OCc2noc(CN3CCN(Cc4c(F)cccc4Cl)CC3)n2)cc1. The van der Waals surface area contributed by atoms with Gasteiger partial charge in [0.2, 0.25) is 11.7 Å². The van der Waals surface area contributed by atoms with Crippen molar-refractivity contribution in [2.45, 2.75) is 19.7 Å². The van der Waals surface area contributed by atoms with Crippen LogP contribution in [0, 0.1) is 5.82 Å². The molecule has 0 bridgehead atoms. The fourth-order valence-electron chi connectivity index (χ4n) is 3.44. The van der Waals surface area contributed by atoms with E-state index in [2.05, 4.69) is 19.9 Å². The van der Waals surface area contributed by atoms with Crippen LogP contribution in [-0.2, 0) is 19.7 Å². The monoisotopic (exact) mass is 446 g/mol. The van der Waals surface area contributed by atoms with E-state index in [0.717, 1.165) is 31.9 Å². The molecule has 1 aliphatic heterocycles. The Morgan fingerprint density at radius 3 is 2.35 bits per heavy atom. The Morgan fingerprint density at radius 1 is 1.00 bits per heavy atom. The molecule has 0 N–H and O–H groups in total. The Hall–Kier alpha value is -2.68. The second-order valence-electron chi connectivity index (χ2n) is 7.32. The maximum Gasteiger partial charge on any atom is 0.240 e. The molecule has 3 aromatic rings. The normalized spacial score (nSPS) is 15.2. The number of hydrogen-bond acceptors (Lipinski definition) is 7. The molecule has 1 aromatic heterocycles. The highest BCUT2D eigenvalue weighted by Crippen LogP contribution is 2.22. The van der Waals surface area contributed by atoms with Crippen LogP contribution in [0.15, 0.2) is 47.0 Å². The van der Waals surface area contributed by atoms with Crippen molar-refractivity contribution in [3.05, 3.63) is 70.6 Å². The van der Waals surface area contributed by atoms with Gasteiger partial charge in [0, 0.05) is 43.3 Å². The maximum absolute atomic E-state index is 14.0. The van der Waals surface area contributed by atoms with Gasteiger partial charge in [0.1, 0.15) is 17.3 Å². The first kappa shape index (κ1) is 21.5. The highest BCUT2D eigenvalue weighted by Gasteiger charge is 2.21. The van der Waals surface area contributed by atoms with Crippen LogP contribution >= 0.6 is 11.6 Å². The molecule has 1 fully saturated rings. The molecule has 31 heavy (non-hydrogen) atoms. The van der Waals surface area contributed by atoms with Gasteiger partial charge in [-0.2, -0.15) is 4.98 Å². The third-order valence-electron chi connectivity index (χ3n) is 5.20. The van der Waals surface area contributed by atoms with Crippen LogP contribution in [0.25, 0.3) is 0 Å². The topological polar surface area (TPSA) is 63.9 Å². The van der Waals surface area contributed by atoms with Crippen molar-refractivity contribution in [3.8, 4) is 11.5 Å². The Morgan fingerprint density at radius 2 is 1.68 bits per heavy atom. The number of aromatic nitrogens is 2. The summed E-state index contributed by atoms with van der Waals surface area (Å²) in [7, 11) is 1.62. The number of halogens is 2. The van der Waals surface area contributed by atoms with E-state index in [0.29, 0.717) is 41.1 Å². The van der Waals surface area contributed by atoms with Gasteiger partial charge in [-0.05, 0) is 36.4 Å². The minimum absolute atomic E-state index is 0.229. The fraction of sp³-hybridized carbons (Fsp3) is 0.364. The van der Waals surface area contributed by atoms with Gasteiger partial charge in [-0.25, -0.2) is 4.39 Å². The molecule has 1 saturated heterocycles. The van der Waals surface area contributed by atoms with Crippen molar-refractivity contribution in [1.82, 2.24) is 19.9 Å². The van der Waals surface area contributed by atoms with Gasteiger partial charge in [0.15, 0.2) is 6.61 Å². The summed E-state index contributed by atoms with van der Waals surface area (Å²) >= 11 is 6.14.